The van der Waals surface area contributed by atoms with Crippen LogP contribution in [0.25, 0.3) is 0 Å². The third kappa shape index (κ3) is 6.01. The molecule has 204 valence electrons. The number of benzene rings is 2. The molecular weight excluding hydrogens is 516 g/mol. The molecule has 1 aliphatic heterocycles. The number of carboxylic acids is 1. The first-order valence-electron chi connectivity index (χ1n) is 11.8. The van der Waals surface area contributed by atoms with Crippen molar-refractivity contribution in [3.63, 3.8) is 0 Å². The second-order valence-corrected chi connectivity index (χ2v) is 10.5. The minimum Gasteiger partial charge on any atom is -0.497 e. The highest BCUT2D eigenvalue weighted by Gasteiger charge is 2.53. The van der Waals surface area contributed by atoms with Crippen LogP contribution in [-0.4, -0.2) is 67.1 Å². The number of carbonyl (C=O) groups excluding carboxylic acids is 3. The zero-order chi connectivity index (χ0) is 28.1. The Kier molecular flexibility index (Phi) is 8.86. The van der Waals surface area contributed by atoms with E-state index in [0.717, 1.165) is 10.7 Å². The fourth-order valence-corrected chi connectivity index (χ4v) is 5.18. The first kappa shape index (κ1) is 28.8. The van der Waals surface area contributed by atoms with Gasteiger partial charge in [-0.1, -0.05) is 49.7 Å². The van der Waals surface area contributed by atoms with Crippen molar-refractivity contribution in [2.75, 3.05) is 20.2 Å². The van der Waals surface area contributed by atoms with E-state index in [0.29, 0.717) is 17.7 Å². The van der Waals surface area contributed by atoms with E-state index in [1.54, 1.807) is 0 Å². The van der Waals surface area contributed by atoms with Gasteiger partial charge in [0.2, 0.25) is 11.8 Å². The van der Waals surface area contributed by atoms with E-state index in [1.165, 1.54) is 55.6 Å². The van der Waals surface area contributed by atoms with E-state index in [2.05, 4.69) is 5.32 Å². The molecule has 0 bridgehead atoms. The minimum absolute atomic E-state index is 0.0861. The molecule has 0 radical (unpaired) electrons. The summed E-state index contributed by atoms with van der Waals surface area (Å²) in [4.78, 5) is 50.9. The van der Waals surface area contributed by atoms with Gasteiger partial charge in [-0.05, 0) is 29.7 Å². The van der Waals surface area contributed by atoms with Gasteiger partial charge in [0.05, 0.1) is 19.6 Å². The van der Waals surface area contributed by atoms with Crippen LogP contribution < -0.4 is 20.5 Å². The monoisotopic (exact) mass is 546 g/mol. The Balaban J connectivity index is 1.95. The zero-order valence-corrected chi connectivity index (χ0v) is 21.8. The lowest BCUT2D eigenvalue weighted by molar-refractivity contribution is -0.144. The average molecular weight is 547 g/mol. The van der Waals surface area contributed by atoms with Crippen molar-refractivity contribution in [1.29, 1.82) is 0 Å². The second kappa shape index (κ2) is 11.7. The molecule has 1 aliphatic rings. The number of methoxy groups -OCH3 is 1. The van der Waals surface area contributed by atoms with E-state index in [9.17, 15) is 32.7 Å². The Bertz CT molecular complexity index is 1310. The fourth-order valence-electron chi connectivity index (χ4n) is 4.09. The first-order valence-corrected chi connectivity index (χ1v) is 13.3. The molecule has 2 atom stereocenters. The maximum atomic E-state index is 13.6. The number of nitrogens with two attached hydrogens (primary N) is 1. The van der Waals surface area contributed by atoms with Crippen molar-refractivity contribution in [2.24, 2.45) is 5.73 Å². The summed E-state index contributed by atoms with van der Waals surface area (Å²) in [5.41, 5.74) is 4.22. The number of ketones is 1. The highest BCUT2D eigenvalue weighted by atomic mass is 32.2. The number of hydrogen-bond acceptors (Lipinski definition) is 8. The van der Waals surface area contributed by atoms with Gasteiger partial charge in [0, 0.05) is 18.7 Å². The van der Waals surface area contributed by atoms with E-state index in [4.69, 9.17) is 10.5 Å². The zero-order valence-electron chi connectivity index (χ0n) is 21.0. The standard InChI is InChI=1S/C25H30N4O8S/c1-3-4-13-27-23(32)21(17-9-11-19(37-2)12-10-17)25(26,24(33)34)22(31)18-7-5-16(6-8-18)14-29-15-20(30)28-38(29,35)36/h5-12,21H,3-4,13-15,26H2,1-2H3,(H,27,32)(H,28,30)(H,33,34). The predicted molar refractivity (Wildman–Crippen MR) is 136 cm³/mol. The van der Waals surface area contributed by atoms with Crippen LogP contribution in [0.5, 0.6) is 5.75 Å². The SMILES string of the molecule is CCCCNC(=O)C(c1ccc(OC)cc1)C(N)(C(=O)O)C(=O)c1ccc(CN2CC(=O)NS2(=O)=O)cc1. The van der Waals surface area contributed by atoms with Crippen LogP contribution in [0.3, 0.4) is 0 Å². The lowest BCUT2D eigenvalue weighted by Gasteiger charge is -2.32. The number of carboxylic acid groups (broad SMARTS) is 1. The molecule has 2 unspecified atom stereocenters. The van der Waals surface area contributed by atoms with E-state index in [1.807, 2.05) is 11.6 Å². The summed E-state index contributed by atoms with van der Waals surface area (Å²) in [6.07, 6.45) is 1.43. The van der Waals surface area contributed by atoms with Crippen LogP contribution in [0.15, 0.2) is 48.5 Å². The summed E-state index contributed by atoms with van der Waals surface area (Å²) in [6.45, 7) is 1.72. The van der Waals surface area contributed by atoms with E-state index in [-0.39, 0.29) is 30.8 Å². The number of aliphatic carboxylic acids is 1. The van der Waals surface area contributed by atoms with Gasteiger partial charge in [0.25, 0.3) is 0 Å². The molecule has 5 N–H and O–H groups in total. The van der Waals surface area contributed by atoms with Crippen molar-refractivity contribution in [2.45, 2.75) is 37.8 Å². The minimum atomic E-state index is -3.95. The summed E-state index contributed by atoms with van der Waals surface area (Å²) < 4.78 is 31.9. The maximum Gasteiger partial charge on any atom is 0.333 e. The molecule has 1 heterocycles. The Morgan fingerprint density at radius 1 is 1.16 bits per heavy atom. The van der Waals surface area contributed by atoms with Crippen molar-refractivity contribution >= 4 is 33.8 Å². The molecule has 0 spiro atoms. The summed E-state index contributed by atoms with van der Waals surface area (Å²) in [5, 5.41) is 12.9. The third-order valence-corrected chi connectivity index (χ3v) is 7.63. The molecule has 38 heavy (non-hydrogen) atoms. The Morgan fingerprint density at radius 3 is 2.29 bits per heavy atom. The number of amides is 2. The van der Waals surface area contributed by atoms with E-state index >= 15 is 0 Å². The molecule has 0 saturated carbocycles. The lowest BCUT2D eigenvalue weighted by atomic mass is 9.74. The molecule has 3 rings (SSSR count). The average Bonchev–Trinajstić information content (AvgIpc) is 3.14. The second-order valence-electron chi connectivity index (χ2n) is 8.85. The number of unbranched alkanes of at least 4 members (excludes halogenated alkanes) is 1. The molecule has 2 aromatic carbocycles. The molecule has 12 nitrogen and oxygen atoms in total. The molecule has 2 amide bonds. The highest BCUT2D eigenvalue weighted by Crippen LogP contribution is 2.32. The Labute approximate surface area is 220 Å². The molecule has 1 saturated heterocycles. The van der Waals surface area contributed by atoms with E-state index < -0.39 is 45.2 Å². The van der Waals surface area contributed by atoms with Crippen LogP contribution in [0.2, 0.25) is 0 Å². The maximum absolute atomic E-state index is 13.6. The molecule has 0 aliphatic carbocycles. The van der Waals surface area contributed by atoms with Gasteiger partial charge < -0.3 is 20.9 Å². The van der Waals surface area contributed by atoms with Crippen molar-refractivity contribution in [1.82, 2.24) is 14.3 Å². The van der Waals surface area contributed by atoms with Gasteiger partial charge in [0.1, 0.15) is 5.75 Å². The number of carbonyl (C=O) groups is 4. The third-order valence-electron chi connectivity index (χ3n) is 6.20. The van der Waals surface area contributed by atoms with Crippen LogP contribution in [0.4, 0.5) is 0 Å². The molecule has 2 aromatic rings. The van der Waals surface area contributed by atoms with Crippen LogP contribution in [0, 0.1) is 0 Å². The summed E-state index contributed by atoms with van der Waals surface area (Å²) in [5.74, 6) is -5.17. The summed E-state index contributed by atoms with van der Waals surface area (Å²) in [7, 11) is -2.49. The number of nitrogens with one attached hydrogen (secondary N) is 2. The molecular formula is C25H30N4O8S. The number of rotatable bonds is 12. The number of ether oxygens (including phenoxy) is 1. The molecule has 1 fully saturated rings. The van der Waals surface area contributed by atoms with Gasteiger partial charge >= 0.3 is 16.2 Å². The summed E-state index contributed by atoms with van der Waals surface area (Å²) >= 11 is 0. The van der Waals surface area contributed by atoms with Gasteiger partial charge in [-0.2, -0.15) is 12.7 Å². The van der Waals surface area contributed by atoms with Crippen molar-refractivity contribution in [3.8, 4) is 5.75 Å². The highest BCUT2D eigenvalue weighted by molar-refractivity contribution is 7.88. The molecule has 13 heteroatoms. The van der Waals surface area contributed by atoms with Crippen LogP contribution >= 0.6 is 0 Å². The van der Waals surface area contributed by atoms with Gasteiger partial charge in [-0.25, -0.2) is 9.52 Å². The van der Waals surface area contributed by atoms with Crippen LogP contribution in [0.1, 0.15) is 47.2 Å². The summed E-state index contributed by atoms with van der Waals surface area (Å²) in [6, 6.07) is 11.5. The first-order chi connectivity index (χ1) is 17.9. The van der Waals surface area contributed by atoms with Crippen molar-refractivity contribution in [3.05, 3.63) is 65.2 Å². The molecule has 0 aromatic heterocycles. The smallest absolute Gasteiger partial charge is 0.333 e. The van der Waals surface area contributed by atoms with Gasteiger partial charge in [-0.15, -0.1) is 0 Å². The fraction of sp³-hybridized carbons (Fsp3) is 0.360. The largest absolute Gasteiger partial charge is 0.497 e. The predicted octanol–water partition coefficient (Wildman–Crippen LogP) is 0.537. The van der Waals surface area contributed by atoms with Crippen molar-refractivity contribution < 1.29 is 37.4 Å². The van der Waals surface area contributed by atoms with Crippen LogP contribution in [-0.2, 0) is 31.1 Å². The Hall–Kier alpha value is -3.81. The lowest BCUT2D eigenvalue weighted by Crippen LogP contribution is -2.62. The normalized spacial score (nSPS) is 17.2. The number of nitrogens with zero attached hydrogens (tertiary/aromatic N) is 1. The number of hydrogen-bond donors (Lipinski definition) is 4. The Morgan fingerprint density at radius 2 is 1.79 bits per heavy atom. The van der Waals surface area contributed by atoms with Gasteiger partial charge in [-0.3, -0.25) is 14.4 Å². The van der Waals surface area contributed by atoms with Gasteiger partial charge in [0.15, 0.2) is 11.3 Å². The topological polar surface area (TPSA) is 185 Å². The quantitative estimate of drug-likeness (QED) is 0.167. The number of Topliss-reactive ketones (excluding diaryl/α,β-unsaturated/α-hetero) is 1.